The van der Waals surface area contributed by atoms with E-state index in [0.717, 1.165) is 12.1 Å². The maximum atomic E-state index is 13.5. The number of benzene rings is 2. The van der Waals surface area contributed by atoms with E-state index in [0.29, 0.717) is 18.8 Å². The number of amides is 3. The van der Waals surface area contributed by atoms with Crippen LogP contribution >= 0.6 is 0 Å². The molecule has 0 unspecified atom stereocenters. The fourth-order valence-corrected chi connectivity index (χ4v) is 2.31. The number of hydrogen-bond acceptors (Lipinski definition) is 2. The number of nitrogens with zero attached hydrogens (tertiary/aromatic N) is 1. The van der Waals surface area contributed by atoms with E-state index in [1.54, 1.807) is 12.1 Å². The highest BCUT2D eigenvalue weighted by Gasteiger charge is 2.21. The van der Waals surface area contributed by atoms with Crippen molar-refractivity contribution in [2.24, 2.45) is 0 Å². The Labute approximate surface area is 130 Å². The highest BCUT2D eigenvalue weighted by Crippen LogP contribution is 2.21. The van der Waals surface area contributed by atoms with Crippen LogP contribution in [0.1, 0.15) is 10.4 Å². The second kappa shape index (κ2) is 6.04. The summed E-state index contributed by atoms with van der Waals surface area (Å²) in [6, 6.07) is 9.35. The third-order valence-electron chi connectivity index (χ3n) is 3.50. The van der Waals surface area contributed by atoms with Gasteiger partial charge in [0.25, 0.3) is 5.91 Å². The van der Waals surface area contributed by atoms with Crippen molar-refractivity contribution in [3.63, 3.8) is 0 Å². The Kier molecular flexibility index (Phi) is 3.92. The van der Waals surface area contributed by atoms with Gasteiger partial charge in [-0.25, -0.2) is 13.6 Å². The lowest BCUT2D eigenvalue weighted by molar-refractivity contribution is 0.102. The summed E-state index contributed by atoms with van der Waals surface area (Å²) in [5.41, 5.74) is 0.394. The van der Waals surface area contributed by atoms with E-state index in [1.807, 2.05) is 0 Å². The van der Waals surface area contributed by atoms with Crippen LogP contribution in [-0.4, -0.2) is 25.0 Å². The average Bonchev–Trinajstić information content (AvgIpc) is 2.97. The number of halogens is 2. The molecule has 0 spiro atoms. The lowest BCUT2D eigenvalue weighted by Crippen LogP contribution is -2.27. The number of hydrogen-bond donors (Lipinski definition) is 2. The van der Waals surface area contributed by atoms with Gasteiger partial charge in [-0.3, -0.25) is 9.69 Å². The molecule has 1 aliphatic heterocycles. The molecule has 2 aromatic carbocycles. The molecule has 3 rings (SSSR count). The van der Waals surface area contributed by atoms with Crippen LogP contribution in [0.25, 0.3) is 0 Å². The maximum absolute atomic E-state index is 13.5. The Morgan fingerprint density at radius 1 is 1.09 bits per heavy atom. The summed E-state index contributed by atoms with van der Waals surface area (Å²) in [6.07, 6.45) is 0. The zero-order valence-corrected chi connectivity index (χ0v) is 12.0. The van der Waals surface area contributed by atoms with Gasteiger partial charge in [-0.1, -0.05) is 6.07 Å². The fourth-order valence-electron chi connectivity index (χ4n) is 2.31. The molecule has 2 N–H and O–H groups in total. The summed E-state index contributed by atoms with van der Waals surface area (Å²) in [5, 5.41) is 4.89. The molecule has 1 fully saturated rings. The fraction of sp³-hybridized carbons (Fsp3) is 0.125. The summed E-state index contributed by atoms with van der Waals surface area (Å²) in [4.78, 5) is 25.2. The molecule has 5 nitrogen and oxygen atoms in total. The monoisotopic (exact) mass is 317 g/mol. The van der Waals surface area contributed by atoms with Crippen LogP contribution in [-0.2, 0) is 0 Å². The minimum Gasteiger partial charge on any atom is -0.336 e. The Bertz CT molecular complexity index is 742. The van der Waals surface area contributed by atoms with E-state index in [1.165, 1.54) is 23.1 Å². The topological polar surface area (TPSA) is 61.4 Å². The van der Waals surface area contributed by atoms with Crippen LogP contribution in [0.15, 0.2) is 42.5 Å². The molecule has 118 valence electrons. The van der Waals surface area contributed by atoms with Gasteiger partial charge in [0.05, 0.1) is 0 Å². The van der Waals surface area contributed by atoms with E-state index in [9.17, 15) is 18.4 Å². The van der Waals surface area contributed by atoms with E-state index < -0.39 is 23.2 Å². The van der Waals surface area contributed by atoms with E-state index in [2.05, 4.69) is 10.6 Å². The standard InChI is InChI=1S/C16H13F2N3O2/c17-12-2-1-3-13(18)14(12)20-15(22)10-4-6-11(7-5-10)21-9-8-19-16(21)23/h1-7H,8-9H2,(H,19,23)(H,20,22). The first-order valence-corrected chi connectivity index (χ1v) is 6.97. The maximum Gasteiger partial charge on any atom is 0.321 e. The molecule has 0 atom stereocenters. The van der Waals surface area contributed by atoms with Crippen molar-refractivity contribution >= 4 is 23.3 Å². The quantitative estimate of drug-likeness (QED) is 0.914. The average molecular weight is 317 g/mol. The normalized spacial score (nSPS) is 13.8. The SMILES string of the molecule is O=C(Nc1c(F)cccc1F)c1ccc(N2CCNC2=O)cc1. The van der Waals surface area contributed by atoms with Gasteiger partial charge in [0.15, 0.2) is 0 Å². The Morgan fingerprint density at radius 2 is 1.74 bits per heavy atom. The van der Waals surface area contributed by atoms with Crippen molar-refractivity contribution in [2.45, 2.75) is 0 Å². The van der Waals surface area contributed by atoms with Crippen molar-refractivity contribution in [1.29, 1.82) is 0 Å². The van der Waals surface area contributed by atoms with Crippen LogP contribution in [0, 0.1) is 11.6 Å². The first kappa shape index (κ1) is 15.0. The summed E-state index contributed by atoms with van der Waals surface area (Å²) < 4.78 is 27.1. The Hall–Kier alpha value is -2.96. The van der Waals surface area contributed by atoms with Gasteiger partial charge >= 0.3 is 6.03 Å². The minimum atomic E-state index is -0.844. The highest BCUT2D eigenvalue weighted by atomic mass is 19.1. The van der Waals surface area contributed by atoms with Crippen molar-refractivity contribution in [2.75, 3.05) is 23.3 Å². The highest BCUT2D eigenvalue weighted by molar-refractivity contribution is 6.05. The Morgan fingerprint density at radius 3 is 2.30 bits per heavy atom. The molecule has 7 heteroatoms. The molecule has 0 bridgehead atoms. The lowest BCUT2D eigenvalue weighted by atomic mass is 10.1. The number of para-hydroxylation sites is 1. The lowest BCUT2D eigenvalue weighted by Gasteiger charge is -2.14. The second-order valence-corrected chi connectivity index (χ2v) is 4.98. The molecule has 0 saturated carbocycles. The number of anilines is 2. The molecule has 0 radical (unpaired) electrons. The van der Waals surface area contributed by atoms with Gasteiger partial charge in [-0.2, -0.15) is 0 Å². The first-order chi connectivity index (χ1) is 11.1. The van der Waals surface area contributed by atoms with Crippen LogP contribution in [0.2, 0.25) is 0 Å². The second-order valence-electron chi connectivity index (χ2n) is 4.98. The van der Waals surface area contributed by atoms with Crippen LogP contribution in [0.5, 0.6) is 0 Å². The number of carbonyl (C=O) groups is 2. The van der Waals surface area contributed by atoms with Crippen molar-refractivity contribution in [1.82, 2.24) is 5.32 Å². The Balaban J connectivity index is 1.77. The van der Waals surface area contributed by atoms with Crippen LogP contribution in [0.3, 0.4) is 0 Å². The van der Waals surface area contributed by atoms with Gasteiger partial charge in [-0.15, -0.1) is 0 Å². The number of nitrogens with one attached hydrogen (secondary N) is 2. The molecule has 0 aromatic heterocycles. The van der Waals surface area contributed by atoms with Crippen LogP contribution in [0.4, 0.5) is 25.0 Å². The zero-order valence-electron chi connectivity index (χ0n) is 12.0. The summed E-state index contributed by atoms with van der Waals surface area (Å²) in [6.45, 7) is 1.11. The zero-order chi connectivity index (χ0) is 16.4. The molecule has 23 heavy (non-hydrogen) atoms. The molecule has 1 saturated heterocycles. The summed E-state index contributed by atoms with van der Waals surface area (Å²) >= 11 is 0. The van der Waals surface area contributed by atoms with Crippen molar-refractivity contribution in [3.8, 4) is 0 Å². The van der Waals surface area contributed by atoms with Crippen molar-refractivity contribution < 1.29 is 18.4 Å². The first-order valence-electron chi connectivity index (χ1n) is 6.97. The predicted molar refractivity (Wildman–Crippen MR) is 81.5 cm³/mol. The predicted octanol–water partition coefficient (Wildman–Crippen LogP) is 2.75. The molecular weight excluding hydrogens is 304 g/mol. The van der Waals surface area contributed by atoms with Gasteiger partial charge in [0.1, 0.15) is 17.3 Å². The number of urea groups is 1. The van der Waals surface area contributed by atoms with Gasteiger partial charge in [0.2, 0.25) is 0 Å². The van der Waals surface area contributed by atoms with Gasteiger partial charge in [0, 0.05) is 24.3 Å². The summed E-state index contributed by atoms with van der Waals surface area (Å²) in [7, 11) is 0. The third kappa shape index (κ3) is 2.98. The molecule has 1 aliphatic rings. The molecule has 1 heterocycles. The molecule has 2 aromatic rings. The largest absolute Gasteiger partial charge is 0.336 e. The third-order valence-corrected chi connectivity index (χ3v) is 3.50. The van der Waals surface area contributed by atoms with E-state index in [4.69, 9.17) is 0 Å². The number of carbonyl (C=O) groups excluding carboxylic acids is 2. The van der Waals surface area contributed by atoms with Gasteiger partial charge in [-0.05, 0) is 36.4 Å². The molecule has 3 amide bonds. The minimum absolute atomic E-state index is 0.198. The number of rotatable bonds is 3. The van der Waals surface area contributed by atoms with Crippen LogP contribution < -0.4 is 15.5 Å². The molecular formula is C16H13F2N3O2. The summed E-state index contributed by atoms with van der Waals surface area (Å²) in [5.74, 6) is -2.32. The molecule has 0 aliphatic carbocycles. The van der Waals surface area contributed by atoms with Crippen molar-refractivity contribution in [3.05, 3.63) is 59.7 Å². The van der Waals surface area contributed by atoms with E-state index >= 15 is 0 Å². The van der Waals surface area contributed by atoms with Gasteiger partial charge < -0.3 is 10.6 Å². The van der Waals surface area contributed by atoms with E-state index in [-0.39, 0.29) is 11.6 Å². The smallest absolute Gasteiger partial charge is 0.321 e.